The molecule has 1 aliphatic heterocycles. The lowest BCUT2D eigenvalue weighted by atomic mass is 10.0. The summed E-state index contributed by atoms with van der Waals surface area (Å²) in [5, 5.41) is 7.39. The summed E-state index contributed by atoms with van der Waals surface area (Å²) in [6, 6.07) is 8.51. The van der Waals surface area contributed by atoms with Crippen molar-refractivity contribution in [3.8, 4) is 0 Å². The van der Waals surface area contributed by atoms with Crippen LogP contribution in [0.25, 0.3) is 10.9 Å². The number of H-pyrrole nitrogens is 1. The minimum atomic E-state index is -0.0565. The highest BCUT2D eigenvalue weighted by Crippen LogP contribution is 2.38. The van der Waals surface area contributed by atoms with Crippen LogP contribution in [0.2, 0.25) is 0 Å². The number of carbonyl (C=O) groups is 1. The monoisotopic (exact) mass is 341 g/mol. The van der Waals surface area contributed by atoms with Crippen molar-refractivity contribution in [2.24, 2.45) is 5.92 Å². The molecule has 1 saturated carbocycles. The van der Waals surface area contributed by atoms with Gasteiger partial charge in [-0.05, 0) is 56.6 Å². The number of urea groups is 1. The lowest BCUT2D eigenvalue weighted by Gasteiger charge is -2.30. The van der Waals surface area contributed by atoms with Gasteiger partial charge in [0.2, 0.25) is 0 Å². The first kappa shape index (κ1) is 16.5. The van der Waals surface area contributed by atoms with Crippen LogP contribution in [0.4, 0.5) is 4.79 Å². The molecule has 2 atom stereocenters. The molecule has 2 fully saturated rings. The van der Waals surface area contributed by atoms with Gasteiger partial charge in [-0.1, -0.05) is 18.2 Å². The zero-order chi connectivity index (χ0) is 17.2. The Morgan fingerprint density at radius 2 is 2.12 bits per heavy atom. The Bertz CT molecular complexity index is 750. The number of aryl methyl sites for hydroxylation is 1. The van der Waals surface area contributed by atoms with Crippen molar-refractivity contribution in [2.45, 2.75) is 51.2 Å². The first-order chi connectivity index (χ1) is 12.2. The van der Waals surface area contributed by atoms with E-state index in [-0.39, 0.29) is 12.1 Å². The van der Waals surface area contributed by atoms with Crippen molar-refractivity contribution in [3.05, 3.63) is 35.5 Å². The molecule has 4 rings (SSSR count). The number of hydrogen-bond donors (Lipinski definition) is 3. The number of rotatable bonds is 5. The van der Waals surface area contributed by atoms with Crippen LogP contribution in [0.5, 0.6) is 0 Å². The van der Waals surface area contributed by atoms with E-state index in [0.29, 0.717) is 12.6 Å². The minimum absolute atomic E-state index is 0.0565. The van der Waals surface area contributed by atoms with Gasteiger partial charge in [0.15, 0.2) is 0 Å². The Morgan fingerprint density at radius 1 is 1.28 bits per heavy atom. The van der Waals surface area contributed by atoms with E-state index in [1.807, 2.05) is 6.07 Å². The second-order valence-electron chi connectivity index (χ2n) is 7.39. The molecule has 0 unspecified atom stereocenters. The van der Waals surface area contributed by atoms with Crippen molar-refractivity contribution >= 4 is 16.9 Å². The quantitative estimate of drug-likeness (QED) is 0.781. The maximum atomic E-state index is 12.2. The molecule has 3 N–H and O–H groups in total. The van der Waals surface area contributed by atoms with Crippen LogP contribution in [0, 0.1) is 12.8 Å². The van der Waals surface area contributed by atoms with Crippen molar-refractivity contribution < 1.29 is 9.53 Å². The second kappa shape index (κ2) is 7.08. The molecule has 0 bridgehead atoms. The van der Waals surface area contributed by atoms with Gasteiger partial charge in [-0.3, -0.25) is 0 Å². The molecule has 0 radical (unpaired) electrons. The van der Waals surface area contributed by atoms with Crippen LogP contribution in [-0.4, -0.2) is 36.3 Å². The van der Waals surface area contributed by atoms with Crippen molar-refractivity contribution in [1.82, 2.24) is 15.6 Å². The molecule has 25 heavy (non-hydrogen) atoms. The number of para-hydroxylation sites is 1. The van der Waals surface area contributed by atoms with E-state index in [9.17, 15) is 4.79 Å². The maximum absolute atomic E-state index is 12.2. The molecule has 5 heteroatoms. The Hall–Kier alpha value is -2.01. The van der Waals surface area contributed by atoms with Gasteiger partial charge in [-0.25, -0.2) is 4.79 Å². The smallest absolute Gasteiger partial charge is 0.315 e. The molecule has 2 amide bonds. The van der Waals surface area contributed by atoms with Gasteiger partial charge in [0.05, 0.1) is 6.10 Å². The molecular formula is C20H27N3O2. The first-order valence-corrected chi connectivity index (χ1v) is 9.43. The van der Waals surface area contributed by atoms with E-state index in [1.165, 1.54) is 29.5 Å². The van der Waals surface area contributed by atoms with Gasteiger partial charge in [0.25, 0.3) is 0 Å². The Kier molecular flexibility index (Phi) is 4.66. The average molecular weight is 341 g/mol. The molecule has 1 aliphatic carbocycles. The topological polar surface area (TPSA) is 66.2 Å². The molecule has 0 spiro atoms. The van der Waals surface area contributed by atoms with E-state index in [1.54, 1.807) is 0 Å². The SMILES string of the molecule is Cc1[nH]c2ccccc2c1CCNC(=O)N[C@@H]1CCO[C@@H](C2CC2)C1. The molecule has 5 nitrogen and oxygen atoms in total. The summed E-state index contributed by atoms with van der Waals surface area (Å²) in [6.07, 6.45) is 5.63. The maximum Gasteiger partial charge on any atom is 0.315 e. The van der Waals surface area contributed by atoms with E-state index >= 15 is 0 Å². The third-order valence-corrected chi connectivity index (χ3v) is 5.49. The molecule has 1 aromatic carbocycles. The van der Waals surface area contributed by atoms with E-state index < -0.39 is 0 Å². The number of benzene rings is 1. The summed E-state index contributed by atoms with van der Waals surface area (Å²) in [7, 11) is 0. The van der Waals surface area contributed by atoms with Gasteiger partial charge in [-0.15, -0.1) is 0 Å². The van der Waals surface area contributed by atoms with E-state index in [2.05, 4.69) is 40.7 Å². The zero-order valence-electron chi connectivity index (χ0n) is 14.8. The molecule has 2 heterocycles. The predicted molar refractivity (Wildman–Crippen MR) is 98.8 cm³/mol. The van der Waals surface area contributed by atoms with Gasteiger partial charge in [0, 0.05) is 35.8 Å². The zero-order valence-corrected chi connectivity index (χ0v) is 14.8. The molecule has 1 aromatic heterocycles. The van der Waals surface area contributed by atoms with Crippen LogP contribution < -0.4 is 10.6 Å². The van der Waals surface area contributed by atoms with Crippen LogP contribution >= 0.6 is 0 Å². The summed E-state index contributed by atoms with van der Waals surface area (Å²) in [5.41, 5.74) is 3.63. The van der Waals surface area contributed by atoms with Crippen LogP contribution in [0.15, 0.2) is 24.3 Å². The number of carbonyl (C=O) groups excluding carboxylic acids is 1. The third kappa shape index (κ3) is 3.82. The fourth-order valence-electron chi connectivity index (χ4n) is 3.95. The van der Waals surface area contributed by atoms with Crippen molar-refractivity contribution in [2.75, 3.05) is 13.2 Å². The summed E-state index contributed by atoms with van der Waals surface area (Å²) >= 11 is 0. The standard InChI is InChI=1S/C20H27N3O2/c1-13-16(17-4-2-3-5-18(17)22-13)8-10-21-20(24)23-15-9-11-25-19(12-15)14-6-7-14/h2-5,14-15,19,22H,6-12H2,1H3,(H2,21,23,24)/t15-,19-/m1/s1. The van der Waals surface area contributed by atoms with Gasteiger partial charge >= 0.3 is 6.03 Å². The number of amides is 2. The molecule has 1 saturated heterocycles. The minimum Gasteiger partial charge on any atom is -0.378 e. The Labute approximate surface area is 148 Å². The number of aromatic nitrogens is 1. The molecule has 134 valence electrons. The number of ether oxygens (including phenoxy) is 1. The Morgan fingerprint density at radius 3 is 2.96 bits per heavy atom. The number of nitrogens with one attached hydrogen (secondary N) is 3. The lowest BCUT2D eigenvalue weighted by molar-refractivity contribution is -0.00913. The highest BCUT2D eigenvalue weighted by molar-refractivity contribution is 5.84. The normalized spacial score (nSPS) is 23.6. The summed E-state index contributed by atoms with van der Waals surface area (Å²) in [6.45, 7) is 3.50. The first-order valence-electron chi connectivity index (χ1n) is 9.43. The summed E-state index contributed by atoms with van der Waals surface area (Å²) in [5.74, 6) is 0.734. The van der Waals surface area contributed by atoms with Gasteiger partial charge in [-0.2, -0.15) is 0 Å². The molecule has 2 aliphatic rings. The average Bonchev–Trinajstić information content (AvgIpc) is 3.40. The highest BCUT2D eigenvalue weighted by Gasteiger charge is 2.36. The van der Waals surface area contributed by atoms with Gasteiger partial charge in [0.1, 0.15) is 0 Å². The van der Waals surface area contributed by atoms with E-state index in [0.717, 1.165) is 37.3 Å². The molecular weight excluding hydrogens is 314 g/mol. The summed E-state index contributed by atoms with van der Waals surface area (Å²) in [4.78, 5) is 15.6. The highest BCUT2D eigenvalue weighted by atomic mass is 16.5. The predicted octanol–water partition coefficient (Wildman–Crippen LogP) is 3.28. The number of fused-ring (bicyclic) bond motifs is 1. The third-order valence-electron chi connectivity index (χ3n) is 5.49. The van der Waals surface area contributed by atoms with Crippen LogP contribution in [0.3, 0.4) is 0 Å². The van der Waals surface area contributed by atoms with Crippen LogP contribution in [0.1, 0.15) is 36.9 Å². The fraction of sp³-hybridized carbons (Fsp3) is 0.550. The van der Waals surface area contributed by atoms with Crippen molar-refractivity contribution in [3.63, 3.8) is 0 Å². The fourth-order valence-corrected chi connectivity index (χ4v) is 3.95. The lowest BCUT2D eigenvalue weighted by Crippen LogP contribution is -2.47. The molecule has 2 aromatic rings. The summed E-state index contributed by atoms with van der Waals surface area (Å²) < 4.78 is 5.82. The largest absolute Gasteiger partial charge is 0.378 e. The van der Waals surface area contributed by atoms with Crippen molar-refractivity contribution in [1.29, 1.82) is 0 Å². The second-order valence-corrected chi connectivity index (χ2v) is 7.39. The number of hydrogen-bond acceptors (Lipinski definition) is 2. The number of aromatic amines is 1. The van der Waals surface area contributed by atoms with Gasteiger partial charge < -0.3 is 20.4 Å². The Balaban J connectivity index is 1.26. The van der Waals surface area contributed by atoms with Crippen LogP contribution in [-0.2, 0) is 11.2 Å². The van der Waals surface area contributed by atoms with E-state index in [4.69, 9.17) is 4.74 Å².